The number of nitrogens with zero attached hydrogens (tertiary/aromatic N) is 3. The molecule has 1 amide bonds. The predicted octanol–water partition coefficient (Wildman–Crippen LogP) is 3.15. The zero-order valence-electron chi connectivity index (χ0n) is 17.4. The molecule has 10 heteroatoms. The highest BCUT2D eigenvalue weighted by Gasteiger charge is 2.31. The molecule has 4 rings (SSSR count). The van der Waals surface area contributed by atoms with Crippen molar-refractivity contribution >= 4 is 38.9 Å². The minimum Gasteiger partial charge on any atom is -0.495 e. The number of hydrogen-bond donors (Lipinski definition) is 0. The van der Waals surface area contributed by atoms with Crippen LogP contribution in [0.15, 0.2) is 35.2 Å². The van der Waals surface area contributed by atoms with Crippen molar-refractivity contribution in [3.05, 3.63) is 45.1 Å². The second-order valence-corrected chi connectivity index (χ2v) is 11.5. The lowest BCUT2D eigenvalue weighted by Crippen LogP contribution is -2.48. The number of rotatable bonds is 6. The van der Waals surface area contributed by atoms with E-state index in [0.29, 0.717) is 31.7 Å². The summed E-state index contributed by atoms with van der Waals surface area (Å²) in [6.07, 6.45) is 1.70. The van der Waals surface area contributed by atoms with Gasteiger partial charge in [0.2, 0.25) is 10.0 Å². The topological polar surface area (TPSA) is 70.2 Å². The number of carbonyl (C=O) groups excluding carboxylic acids is 1. The highest BCUT2D eigenvalue weighted by molar-refractivity contribution is 7.89. The number of sulfonamides is 1. The van der Waals surface area contributed by atoms with E-state index in [0.717, 1.165) is 36.8 Å². The van der Waals surface area contributed by atoms with Crippen molar-refractivity contribution in [3.8, 4) is 5.75 Å². The first kappa shape index (κ1) is 22.5. The third-order valence-electron chi connectivity index (χ3n) is 5.76. The Morgan fingerprint density at radius 1 is 1.06 bits per heavy atom. The standard InChI is InChI=1S/C21H26ClN3O4S2/c1-29-18-6-4-16(14-19(18)31(27,28)25-8-2-3-9-25)21(26)24-12-10-23(11-13-24)15-17-5-7-20(22)30-17/h4-7,14H,2-3,8-13,15H2,1H3. The summed E-state index contributed by atoms with van der Waals surface area (Å²) in [5.41, 5.74) is 0.372. The first-order valence-electron chi connectivity index (χ1n) is 10.3. The zero-order chi connectivity index (χ0) is 22.0. The fraction of sp³-hybridized carbons (Fsp3) is 0.476. The SMILES string of the molecule is COc1ccc(C(=O)N2CCN(Cc3ccc(Cl)s3)CC2)cc1S(=O)(=O)N1CCCC1. The third kappa shape index (κ3) is 4.90. The number of halogens is 1. The van der Waals surface area contributed by atoms with E-state index in [1.807, 2.05) is 12.1 Å². The number of methoxy groups -OCH3 is 1. The van der Waals surface area contributed by atoms with Gasteiger partial charge in [-0.1, -0.05) is 11.6 Å². The fourth-order valence-corrected chi connectivity index (χ4v) is 6.86. The highest BCUT2D eigenvalue weighted by Crippen LogP contribution is 2.30. The minimum absolute atomic E-state index is 0.0657. The average Bonchev–Trinajstić information content (AvgIpc) is 3.46. The van der Waals surface area contributed by atoms with Gasteiger partial charge in [-0.2, -0.15) is 4.31 Å². The summed E-state index contributed by atoms with van der Waals surface area (Å²) in [7, 11) is -2.25. The third-order valence-corrected chi connectivity index (χ3v) is 8.90. The van der Waals surface area contributed by atoms with Crippen LogP contribution in [0.5, 0.6) is 5.75 Å². The van der Waals surface area contributed by atoms with Gasteiger partial charge in [0.25, 0.3) is 5.91 Å². The molecule has 0 saturated carbocycles. The van der Waals surface area contributed by atoms with E-state index in [1.54, 1.807) is 28.4 Å². The van der Waals surface area contributed by atoms with E-state index in [-0.39, 0.29) is 16.6 Å². The fourth-order valence-electron chi connectivity index (χ4n) is 4.03. The van der Waals surface area contributed by atoms with E-state index in [9.17, 15) is 13.2 Å². The van der Waals surface area contributed by atoms with Crippen LogP contribution >= 0.6 is 22.9 Å². The van der Waals surface area contributed by atoms with Gasteiger partial charge in [-0.15, -0.1) is 11.3 Å². The first-order valence-corrected chi connectivity index (χ1v) is 13.0. The molecule has 0 N–H and O–H groups in total. The highest BCUT2D eigenvalue weighted by atomic mass is 35.5. The number of thiophene rings is 1. The number of carbonyl (C=O) groups is 1. The van der Waals surface area contributed by atoms with Crippen LogP contribution < -0.4 is 4.74 Å². The Kier molecular flexibility index (Phi) is 6.88. The summed E-state index contributed by atoms with van der Waals surface area (Å²) in [5, 5.41) is 0. The maximum absolute atomic E-state index is 13.1. The van der Waals surface area contributed by atoms with Crippen molar-refractivity contribution in [1.29, 1.82) is 0 Å². The quantitative estimate of drug-likeness (QED) is 0.631. The van der Waals surface area contributed by atoms with Crippen LogP contribution in [-0.4, -0.2) is 74.8 Å². The molecule has 2 aliphatic heterocycles. The molecular weight excluding hydrogens is 458 g/mol. The van der Waals surface area contributed by atoms with Gasteiger partial charge < -0.3 is 9.64 Å². The molecule has 2 saturated heterocycles. The normalized spacial score (nSPS) is 18.5. The molecule has 0 spiro atoms. The summed E-state index contributed by atoms with van der Waals surface area (Å²) < 4.78 is 33.7. The minimum atomic E-state index is -3.69. The Labute approximate surface area is 192 Å². The maximum Gasteiger partial charge on any atom is 0.253 e. The van der Waals surface area contributed by atoms with E-state index in [4.69, 9.17) is 16.3 Å². The second kappa shape index (κ2) is 9.46. The van der Waals surface area contributed by atoms with Gasteiger partial charge in [0, 0.05) is 56.3 Å². The van der Waals surface area contributed by atoms with Gasteiger partial charge in [0.05, 0.1) is 11.4 Å². The van der Waals surface area contributed by atoms with Crippen LogP contribution in [0.1, 0.15) is 28.1 Å². The van der Waals surface area contributed by atoms with Gasteiger partial charge in [0.1, 0.15) is 10.6 Å². The van der Waals surface area contributed by atoms with E-state index in [1.165, 1.54) is 22.4 Å². The molecule has 7 nitrogen and oxygen atoms in total. The molecule has 1 aromatic carbocycles. The van der Waals surface area contributed by atoms with Crippen LogP contribution in [0.2, 0.25) is 4.34 Å². The lowest BCUT2D eigenvalue weighted by molar-refractivity contribution is 0.0629. The van der Waals surface area contributed by atoms with Crippen molar-refractivity contribution in [2.75, 3.05) is 46.4 Å². The van der Waals surface area contributed by atoms with Crippen molar-refractivity contribution in [3.63, 3.8) is 0 Å². The van der Waals surface area contributed by atoms with Crippen molar-refractivity contribution < 1.29 is 17.9 Å². The Bertz CT molecular complexity index is 1040. The Morgan fingerprint density at radius 2 is 1.77 bits per heavy atom. The Hall–Kier alpha value is -1.65. The van der Waals surface area contributed by atoms with Gasteiger partial charge in [0.15, 0.2) is 0 Å². The monoisotopic (exact) mass is 483 g/mol. The van der Waals surface area contributed by atoms with E-state index >= 15 is 0 Å². The molecule has 0 bridgehead atoms. The lowest BCUT2D eigenvalue weighted by Gasteiger charge is -2.34. The summed E-state index contributed by atoms with van der Waals surface area (Å²) >= 11 is 7.58. The summed E-state index contributed by atoms with van der Waals surface area (Å²) in [6, 6.07) is 8.62. The Balaban J connectivity index is 1.46. The number of piperazine rings is 1. The molecule has 2 aromatic rings. The number of benzene rings is 1. The predicted molar refractivity (Wildman–Crippen MR) is 121 cm³/mol. The molecule has 0 aliphatic carbocycles. The molecule has 1 aromatic heterocycles. The average molecular weight is 484 g/mol. The summed E-state index contributed by atoms with van der Waals surface area (Å²) in [4.78, 5) is 18.5. The van der Waals surface area contributed by atoms with Crippen LogP contribution in [-0.2, 0) is 16.6 Å². The molecule has 31 heavy (non-hydrogen) atoms. The number of amides is 1. The van der Waals surface area contributed by atoms with E-state index in [2.05, 4.69) is 4.90 Å². The Morgan fingerprint density at radius 3 is 2.39 bits per heavy atom. The molecule has 0 atom stereocenters. The van der Waals surface area contributed by atoms with Crippen molar-refractivity contribution in [2.45, 2.75) is 24.3 Å². The van der Waals surface area contributed by atoms with Gasteiger partial charge in [-0.05, 0) is 43.2 Å². The molecule has 0 unspecified atom stereocenters. The smallest absolute Gasteiger partial charge is 0.253 e. The molecule has 3 heterocycles. The molecule has 0 radical (unpaired) electrons. The molecule has 2 aliphatic rings. The maximum atomic E-state index is 13.1. The number of hydrogen-bond acceptors (Lipinski definition) is 6. The molecular formula is C21H26ClN3O4S2. The van der Waals surface area contributed by atoms with Crippen LogP contribution in [0.25, 0.3) is 0 Å². The number of ether oxygens (including phenoxy) is 1. The lowest BCUT2D eigenvalue weighted by atomic mass is 10.1. The second-order valence-electron chi connectivity index (χ2n) is 7.75. The summed E-state index contributed by atoms with van der Waals surface area (Å²) in [6.45, 7) is 4.53. The van der Waals surface area contributed by atoms with Crippen LogP contribution in [0.3, 0.4) is 0 Å². The van der Waals surface area contributed by atoms with Gasteiger partial charge in [-0.25, -0.2) is 8.42 Å². The van der Waals surface area contributed by atoms with Gasteiger partial charge >= 0.3 is 0 Å². The van der Waals surface area contributed by atoms with Crippen molar-refractivity contribution in [1.82, 2.24) is 14.1 Å². The van der Waals surface area contributed by atoms with Crippen LogP contribution in [0, 0.1) is 0 Å². The van der Waals surface area contributed by atoms with E-state index < -0.39 is 10.0 Å². The first-order chi connectivity index (χ1) is 14.9. The van der Waals surface area contributed by atoms with Crippen molar-refractivity contribution in [2.24, 2.45) is 0 Å². The molecule has 168 valence electrons. The van der Waals surface area contributed by atoms with Gasteiger partial charge in [-0.3, -0.25) is 9.69 Å². The molecule has 2 fully saturated rings. The largest absolute Gasteiger partial charge is 0.495 e. The zero-order valence-corrected chi connectivity index (χ0v) is 19.8. The summed E-state index contributed by atoms with van der Waals surface area (Å²) in [5.74, 6) is 0.113. The van der Waals surface area contributed by atoms with Crippen LogP contribution in [0.4, 0.5) is 0 Å².